The zero-order valence-corrected chi connectivity index (χ0v) is 21.2. The van der Waals surface area contributed by atoms with Crippen LogP contribution >= 0.6 is 23.0 Å². The van der Waals surface area contributed by atoms with Gasteiger partial charge in [0.05, 0.1) is 11.1 Å². The van der Waals surface area contributed by atoms with Crippen molar-refractivity contribution in [3.05, 3.63) is 109 Å². The van der Waals surface area contributed by atoms with Gasteiger partial charge in [-0.3, -0.25) is 0 Å². The lowest BCUT2D eigenvalue weighted by Gasteiger charge is -2.22. The lowest BCUT2D eigenvalue weighted by molar-refractivity contribution is -0.659. The van der Waals surface area contributed by atoms with E-state index in [0.29, 0.717) is 0 Å². The van der Waals surface area contributed by atoms with Crippen molar-refractivity contribution in [2.24, 2.45) is 7.05 Å². The first kappa shape index (κ1) is 21.1. The Morgan fingerprint density at radius 1 is 0.559 bits per heavy atom. The molecular formula is C31H23INO+. The molecule has 0 fully saturated rings. The van der Waals surface area contributed by atoms with E-state index in [-0.39, 0.29) is 0 Å². The summed E-state index contributed by atoms with van der Waals surface area (Å²) < 4.78 is 7.84. The van der Waals surface area contributed by atoms with Crippen LogP contribution in [-0.2, 0) is 7.05 Å². The van der Waals surface area contributed by atoms with Gasteiger partial charge in [0, 0.05) is 17.2 Å². The zero-order valence-electron chi connectivity index (χ0n) is 19.0. The molecule has 1 aliphatic carbocycles. The standard InChI is InChI=1S/C31H23INO/c1-20-21(16-9-17-31(20)34-32)30-18-28-26-14-7-5-12-24(26)22-10-3-4-11-23(22)25-13-6-8-15-27(25)29(28)19-33(30)2/h3-19H,1-2H3/q+1. The third-order valence-corrected chi connectivity index (χ3v) is 7.33. The molecule has 0 unspecified atom stereocenters. The van der Waals surface area contributed by atoms with Crippen LogP contribution in [0.4, 0.5) is 0 Å². The maximum absolute atomic E-state index is 5.60. The van der Waals surface area contributed by atoms with Crippen LogP contribution < -0.4 is 7.63 Å². The van der Waals surface area contributed by atoms with Gasteiger partial charge in [0.2, 0.25) is 5.69 Å². The van der Waals surface area contributed by atoms with E-state index in [9.17, 15) is 0 Å². The summed E-state index contributed by atoms with van der Waals surface area (Å²) in [6.45, 7) is 2.12. The molecule has 4 aromatic carbocycles. The lowest BCUT2D eigenvalue weighted by atomic mass is 9.81. The summed E-state index contributed by atoms with van der Waals surface area (Å²) >= 11 is 1.96. The molecule has 0 amide bonds. The van der Waals surface area contributed by atoms with Crippen molar-refractivity contribution >= 4 is 23.0 Å². The molecular weight excluding hydrogens is 529 g/mol. The number of rotatable bonds is 2. The molecule has 3 heteroatoms. The summed E-state index contributed by atoms with van der Waals surface area (Å²) in [4.78, 5) is 0. The third kappa shape index (κ3) is 3.26. The fourth-order valence-corrected chi connectivity index (χ4v) is 5.67. The highest BCUT2D eigenvalue weighted by atomic mass is 127. The second-order valence-corrected chi connectivity index (χ2v) is 9.18. The Balaban J connectivity index is 1.73. The van der Waals surface area contributed by atoms with Crippen LogP contribution in [0.2, 0.25) is 0 Å². The smallest absolute Gasteiger partial charge is 0.213 e. The largest absolute Gasteiger partial charge is 0.427 e. The summed E-state index contributed by atoms with van der Waals surface area (Å²) in [5, 5.41) is 0. The minimum atomic E-state index is 0.893. The maximum Gasteiger partial charge on any atom is 0.213 e. The predicted octanol–water partition coefficient (Wildman–Crippen LogP) is 8.20. The molecule has 0 radical (unpaired) electrons. The van der Waals surface area contributed by atoms with Crippen molar-refractivity contribution in [2.45, 2.75) is 6.92 Å². The summed E-state index contributed by atoms with van der Waals surface area (Å²) in [7, 11) is 2.13. The van der Waals surface area contributed by atoms with Crippen LogP contribution in [0.15, 0.2) is 103 Å². The average Bonchev–Trinajstić information content (AvgIpc) is 2.88. The SMILES string of the molecule is Cc1c(OI)cccc1-c1cc2c(c[n+]1C)-c1ccccc1-c1ccccc1-c1ccccc1-2. The highest BCUT2D eigenvalue weighted by Gasteiger charge is 2.26. The van der Waals surface area contributed by atoms with Crippen LogP contribution in [0, 0.1) is 6.92 Å². The third-order valence-electron chi connectivity index (χ3n) is 6.86. The molecule has 0 aliphatic heterocycles. The number of halogens is 1. The molecule has 1 aromatic heterocycles. The normalized spacial score (nSPS) is 11.4. The molecule has 164 valence electrons. The highest BCUT2D eigenvalue weighted by molar-refractivity contribution is 14.1. The molecule has 0 atom stereocenters. The van der Waals surface area contributed by atoms with Gasteiger partial charge in [-0.25, -0.2) is 4.57 Å². The quantitative estimate of drug-likeness (QED) is 0.156. The zero-order chi connectivity index (χ0) is 23.2. The molecule has 0 saturated heterocycles. The van der Waals surface area contributed by atoms with E-state index in [4.69, 9.17) is 3.07 Å². The van der Waals surface area contributed by atoms with Gasteiger partial charge in [0.25, 0.3) is 0 Å². The second kappa shape index (κ2) is 8.41. The summed E-state index contributed by atoms with van der Waals surface area (Å²) in [6.07, 6.45) is 2.28. The summed E-state index contributed by atoms with van der Waals surface area (Å²) in [6, 6.07) is 34.9. The van der Waals surface area contributed by atoms with Crippen LogP contribution in [0.3, 0.4) is 0 Å². The van der Waals surface area contributed by atoms with Gasteiger partial charge in [0.15, 0.2) is 29.2 Å². The first-order valence-electron chi connectivity index (χ1n) is 11.4. The van der Waals surface area contributed by atoms with Crippen LogP contribution in [0.5, 0.6) is 5.75 Å². The molecule has 0 spiro atoms. The van der Waals surface area contributed by atoms with E-state index >= 15 is 0 Å². The Morgan fingerprint density at radius 2 is 1.00 bits per heavy atom. The average molecular weight is 552 g/mol. The first-order valence-corrected chi connectivity index (χ1v) is 12.3. The summed E-state index contributed by atoms with van der Waals surface area (Å²) in [5.41, 5.74) is 13.5. The van der Waals surface area contributed by atoms with E-state index in [0.717, 1.165) is 17.0 Å². The Kier molecular flexibility index (Phi) is 5.22. The van der Waals surface area contributed by atoms with Crippen molar-refractivity contribution < 1.29 is 7.63 Å². The molecule has 0 N–H and O–H groups in total. The number of hydrogen-bond donors (Lipinski definition) is 0. The number of pyridine rings is 1. The molecule has 2 nitrogen and oxygen atoms in total. The van der Waals surface area contributed by atoms with Crippen molar-refractivity contribution in [3.8, 4) is 61.5 Å². The van der Waals surface area contributed by atoms with E-state index in [1.165, 1.54) is 50.1 Å². The minimum Gasteiger partial charge on any atom is -0.427 e. The van der Waals surface area contributed by atoms with Crippen molar-refractivity contribution in [1.29, 1.82) is 0 Å². The number of aryl methyl sites for hydroxylation is 1. The predicted molar refractivity (Wildman–Crippen MR) is 148 cm³/mol. The van der Waals surface area contributed by atoms with E-state index in [1.807, 2.05) is 29.1 Å². The molecule has 1 heterocycles. The number of aromatic nitrogens is 1. The van der Waals surface area contributed by atoms with Gasteiger partial charge in [0.1, 0.15) is 12.8 Å². The van der Waals surface area contributed by atoms with Crippen LogP contribution in [0.1, 0.15) is 5.56 Å². The van der Waals surface area contributed by atoms with E-state index < -0.39 is 0 Å². The number of nitrogens with zero attached hydrogens (tertiary/aromatic N) is 1. The monoisotopic (exact) mass is 552 g/mol. The maximum atomic E-state index is 5.60. The molecule has 0 saturated carbocycles. The topological polar surface area (TPSA) is 13.1 Å². The highest BCUT2D eigenvalue weighted by Crippen LogP contribution is 2.47. The summed E-state index contributed by atoms with van der Waals surface area (Å²) in [5.74, 6) is 0.893. The molecule has 34 heavy (non-hydrogen) atoms. The molecule has 6 rings (SSSR count). The van der Waals surface area contributed by atoms with Gasteiger partial charge >= 0.3 is 0 Å². The fraction of sp³-hybridized carbons (Fsp3) is 0.0645. The number of benzene rings is 4. The van der Waals surface area contributed by atoms with Crippen molar-refractivity contribution in [3.63, 3.8) is 0 Å². The Bertz CT molecular complexity index is 1570. The molecule has 5 aromatic rings. The molecule has 0 bridgehead atoms. The van der Waals surface area contributed by atoms with Crippen molar-refractivity contribution in [2.75, 3.05) is 0 Å². The second-order valence-electron chi connectivity index (χ2n) is 8.74. The Hall–Kier alpha value is -3.44. The van der Waals surface area contributed by atoms with E-state index in [1.54, 1.807) is 0 Å². The lowest BCUT2D eigenvalue weighted by Crippen LogP contribution is -2.31. The number of fused-ring (bicyclic) bond motifs is 8. The Morgan fingerprint density at radius 3 is 1.50 bits per heavy atom. The van der Waals surface area contributed by atoms with Gasteiger partial charge in [-0.2, -0.15) is 0 Å². The van der Waals surface area contributed by atoms with Crippen molar-refractivity contribution in [1.82, 2.24) is 0 Å². The minimum absolute atomic E-state index is 0.893. The molecule has 1 aliphatic rings. The van der Waals surface area contributed by atoms with Gasteiger partial charge in [-0.15, -0.1) is 0 Å². The van der Waals surface area contributed by atoms with Crippen LogP contribution in [0.25, 0.3) is 55.8 Å². The van der Waals surface area contributed by atoms with E-state index in [2.05, 4.69) is 116 Å². The van der Waals surface area contributed by atoms with Gasteiger partial charge < -0.3 is 3.07 Å². The number of hydrogen-bond acceptors (Lipinski definition) is 1. The first-order chi connectivity index (χ1) is 16.7. The van der Waals surface area contributed by atoms with Crippen LogP contribution in [-0.4, -0.2) is 0 Å². The Labute approximate surface area is 214 Å². The fourth-order valence-electron chi connectivity index (χ4n) is 5.19. The van der Waals surface area contributed by atoms with Gasteiger partial charge in [-0.05, 0) is 52.4 Å². The van der Waals surface area contributed by atoms with Gasteiger partial charge in [-0.1, -0.05) is 78.9 Å².